The number of hydrogen-bond acceptors (Lipinski definition) is 2. The molecule has 0 heterocycles. The zero-order valence-corrected chi connectivity index (χ0v) is 5.78. The van der Waals surface area contributed by atoms with E-state index in [-0.39, 0.29) is 6.04 Å². The molecule has 2 N–H and O–H groups in total. The van der Waals surface area contributed by atoms with Gasteiger partial charge in [-0.25, -0.2) is 0 Å². The van der Waals surface area contributed by atoms with Crippen LogP contribution in [0.1, 0.15) is 13.8 Å². The van der Waals surface area contributed by atoms with Crippen LogP contribution in [-0.2, 0) is 0 Å². The van der Waals surface area contributed by atoms with Crippen molar-refractivity contribution in [3.63, 3.8) is 0 Å². The van der Waals surface area contributed by atoms with Gasteiger partial charge < -0.3 is 5.73 Å². The Morgan fingerprint density at radius 1 is 1.57 bits per heavy atom. The van der Waals surface area contributed by atoms with Crippen molar-refractivity contribution in [1.82, 2.24) is 0 Å². The minimum Gasteiger partial charge on any atom is -0.327 e. The molecule has 0 spiro atoms. The summed E-state index contributed by atoms with van der Waals surface area (Å²) in [6, 6.07) is 0.267. The third-order valence-electron chi connectivity index (χ3n) is 1.07. The van der Waals surface area contributed by atoms with Crippen molar-refractivity contribution in [3.05, 3.63) is 0 Å². The van der Waals surface area contributed by atoms with E-state index in [2.05, 4.69) is 26.5 Å². The molecule has 0 saturated carbocycles. The van der Waals surface area contributed by atoms with E-state index in [1.165, 1.54) is 0 Å². The summed E-state index contributed by atoms with van der Waals surface area (Å²) in [6.07, 6.45) is 0. The Balaban J connectivity index is 3.14. The van der Waals surface area contributed by atoms with Crippen LogP contribution >= 0.6 is 12.6 Å². The van der Waals surface area contributed by atoms with Crippen molar-refractivity contribution < 1.29 is 0 Å². The van der Waals surface area contributed by atoms with Gasteiger partial charge >= 0.3 is 0 Å². The molecule has 0 bridgehead atoms. The first-order valence-corrected chi connectivity index (χ1v) is 3.18. The molecule has 0 radical (unpaired) electrons. The van der Waals surface area contributed by atoms with Gasteiger partial charge in [0, 0.05) is 11.8 Å². The van der Waals surface area contributed by atoms with E-state index in [9.17, 15) is 0 Å². The molecule has 0 fully saturated rings. The minimum atomic E-state index is 0.267. The molecule has 0 unspecified atom stereocenters. The monoisotopic (exact) mass is 119 g/mol. The van der Waals surface area contributed by atoms with Gasteiger partial charge in [0.05, 0.1) is 0 Å². The highest BCUT2D eigenvalue weighted by Gasteiger charge is 2.02. The average Bonchev–Trinajstić information content (AvgIpc) is 1.65. The van der Waals surface area contributed by atoms with Crippen molar-refractivity contribution in [2.75, 3.05) is 5.75 Å². The molecule has 0 saturated heterocycles. The topological polar surface area (TPSA) is 26.0 Å². The molecule has 7 heavy (non-hydrogen) atoms. The lowest BCUT2D eigenvalue weighted by Crippen LogP contribution is -2.27. The lowest BCUT2D eigenvalue weighted by Gasteiger charge is -2.10. The molecule has 0 amide bonds. The van der Waals surface area contributed by atoms with Crippen LogP contribution in [0.15, 0.2) is 0 Å². The first-order chi connectivity index (χ1) is 3.18. The third-order valence-corrected chi connectivity index (χ3v) is 1.49. The molecule has 0 rings (SSSR count). The first-order valence-electron chi connectivity index (χ1n) is 2.55. The number of thiol groups is 1. The summed E-state index contributed by atoms with van der Waals surface area (Å²) in [4.78, 5) is 0. The fraction of sp³-hybridized carbons (Fsp3) is 1.00. The zero-order chi connectivity index (χ0) is 5.86. The van der Waals surface area contributed by atoms with Gasteiger partial charge in [-0.2, -0.15) is 12.6 Å². The Labute approximate surface area is 50.7 Å². The smallest absolute Gasteiger partial charge is 0.0151 e. The Hall–Kier alpha value is 0.310. The zero-order valence-electron chi connectivity index (χ0n) is 4.89. The highest BCUT2D eigenvalue weighted by Crippen LogP contribution is 1.98. The second kappa shape index (κ2) is 3.33. The van der Waals surface area contributed by atoms with Gasteiger partial charge in [-0.15, -0.1) is 0 Å². The van der Waals surface area contributed by atoms with E-state index in [4.69, 9.17) is 5.73 Å². The van der Waals surface area contributed by atoms with E-state index in [0.29, 0.717) is 5.92 Å². The van der Waals surface area contributed by atoms with Crippen molar-refractivity contribution in [3.8, 4) is 0 Å². The Kier molecular flexibility index (Phi) is 3.48. The summed E-state index contributed by atoms with van der Waals surface area (Å²) in [5.41, 5.74) is 5.54. The van der Waals surface area contributed by atoms with Crippen molar-refractivity contribution in [2.45, 2.75) is 19.9 Å². The second-order valence-electron chi connectivity index (χ2n) is 2.09. The molecule has 0 aromatic heterocycles. The van der Waals surface area contributed by atoms with Gasteiger partial charge in [0.1, 0.15) is 0 Å². The van der Waals surface area contributed by atoms with Crippen molar-refractivity contribution >= 4 is 12.6 Å². The lowest BCUT2D eigenvalue weighted by atomic mass is 10.1. The van der Waals surface area contributed by atoms with E-state index < -0.39 is 0 Å². The van der Waals surface area contributed by atoms with Crippen LogP contribution in [0.5, 0.6) is 0 Å². The molecule has 0 aliphatic heterocycles. The summed E-state index contributed by atoms with van der Waals surface area (Å²) in [6.45, 7) is 4.20. The molecule has 1 nitrogen and oxygen atoms in total. The number of hydrogen-bond donors (Lipinski definition) is 2. The standard InChI is InChI=1S/C5H13NS/c1-4(2)5(6)3-7/h4-5,7H,3,6H2,1-2H3/t5-/m0/s1. The fourth-order valence-electron chi connectivity index (χ4n) is 0.211. The van der Waals surface area contributed by atoms with Gasteiger partial charge in [-0.05, 0) is 5.92 Å². The van der Waals surface area contributed by atoms with Crippen LogP contribution in [0.4, 0.5) is 0 Å². The van der Waals surface area contributed by atoms with Gasteiger partial charge in [0.2, 0.25) is 0 Å². The fourth-order valence-corrected chi connectivity index (χ4v) is 0.632. The molecule has 44 valence electrons. The van der Waals surface area contributed by atoms with Crippen LogP contribution in [0.25, 0.3) is 0 Å². The van der Waals surface area contributed by atoms with Crippen LogP contribution in [0.2, 0.25) is 0 Å². The Bertz CT molecular complexity index is 45.3. The van der Waals surface area contributed by atoms with E-state index in [1.807, 2.05) is 0 Å². The molecule has 1 atom stereocenters. The summed E-state index contributed by atoms with van der Waals surface area (Å²) in [5, 5.41) is 0. The Morgan fingerprint density at radius 2 is 2.00 bits per heavy atom. The predicted octanol–water partition coefficient (Wildman–Crippen LogP) is 0.899. The van der Waals surface area contributed by atoms with E-state index in [0.717, 1.165) is 5.75 Å². The summed E-state index contributed by atoms with van der Waals surface area (Å²) < 4.78 is 0. The maximum Gasteiger partial charge on any atom is 0.0151 e. The van der Waals surface area contributed by atoms with Crippen molar-refractivity contribution in [2.24, 2.45) is 11.7 Å². The minimum absolute atomic E-state index is 0.267. The molecule has 2 heteroatoms. The molecule has 0 aliphatic rings. The molecule has 0 aliphatic carbocycles. The molecular formula is C5H13NS. The van der Waals surface area contributed by atoms with Gasteiger partial charge in [-0.3, -0.25) is 0 Å². The maximum atomic E-state index is 5.54. The van der Waals surface area contributed by atoms with Crippen LogP contribution in [-0.4, -0.2) is 11.8 Å². The summed E-state index contributed by atoms with van der Waals surface area (Å²) in [7, 11) is 0. The molecular weight excluding hydrogens is 106 g/mol. The number of nitrogens with two attached hydrogens (primary N) is 1. The quantitative estimate of drug-likeness (QED) is 0.519. The maximum absolute atomic E-state index is 5.54. The first kappa shape index (κ1) is 7.31. The molecule has 0 aromatic rings. The SMILES string of the molecule is CC(C)[C@@H](N)CS. The second-order valence-corrected chi connectivity index (χ2v) is 2.46. The summed E-state index contributed by atoms with van der Waals surface area (Å²) >= 11 is 4.03. The lowest BCUT2D eigenvalue weighted by molar-refractivity contribution is 0.536. The highest BCUT2D eigenvalue weighted by atomic mass is 32.1. The Morgan fingerprint density at radius 3 is 2.00 bits per heavy atom. The van der Waals surface area contributed by atoms with E-state index >= 15 is 0 Å². The van der Waals surface area contributed by atoms with Gasteiger partial charge in [0.25, 0.3) is 0 Å². The van der Waals surface area contributed by atoms with Crippen molar-refractivity contribution in [1.29, 1.82) is 0 Å². The van der Waals surface area contributed by atoms with Crippen LogP contribution in [0.3, 0.4) is 0 Å². The van der Waals surface area contributed by atoms with Gasteiger partial charge in [-0.1, -0.05) is 13.8 Å². The average molecular weight is 119 g/mol. The van der Waals surface area contributed by atoms with Crippen LogP contribution < -0.4 is 5.73 Å². The van der Waals surface area contributed by atoms with Crippen LogP contribution in [0, 0.1) is 5.92 Å². The van der Waals surface area contributed by atoms with Gasteiger partial charge in [0.15, 0.2) is 0 Å². The largest absolute Gasteiger partial charge is 0.327 e. The third kappa shape index (κ3) is 2.94. The highest BCUT2D eigenvalue weighted by molar-refractivity contribution is 7.80. The normalized spacial score (nSPS) is 15.0. The predicted molar refractivity (Wildman–Crippen MR) is 36.7 cm³/mol. The summed E-state index contributed by atoms with van der Waals surface area (Å²) in [5.74, 6) is 1.36. The number of rotatable bonds is 2. The van der Waals surface area contributed by atoms with E-state index in [1.54, 1.807) is 0 Å². The molecule has 0 aromatic carbocycles.